The van der Waals surface area contributed by atoms with Gasteiger partial charge in [0, 0.05) is 13.0 Å². The maximum atomic E-state index is 13.7. The Kier molecular flexibility index (Phi) is 4.72. The number of amides is 1. The lowest BCUT2D eigenvalue weighted by molar-refractivity contribution is -0.116. The molecule has 1 heterocycles. The number of benzene rings is 1. The molecule has 0 fully saturated rings. The average Bonchev–Trinajstić information content (AvgIpc) is 2.95. The van der Waals surface area contributed by atoms with Crippen molar-refractivity contribution in [2.24, 2.45) is 0 Å². The van der Waals surface area contributed by atoms with Gasteiger partial charge in [-0.1, -0.05) is 6.92 Å². The van der Waals surface area contributed by atoms with Gasteiger partial charge in [-0.15, -0.1) is 5.10 Å². The van der Waals surface area contributed by atoms with Crippen LogP contribution >= 0.6 is 0 Å². The van der Waals surface area contributed by atoms with Gasteiger partial charge in [0.15, 0.2) is 0 Å². The molecule has 1 amide bonds. The van der Waals surface area contributed by atoms with Crippen LogP contribution in [-0.4, -0.2) is 39.2 Å². The third-order valence-electron chi connectivity index (χ3n) is 2.62. The van der Waals surface area contributed by atoms with Crippen molar-refractivity contribution in [3.05, 3.63) is 30.3 Å². The van der Waals surface area contributed by atoms with Gasteiger partial charge in [0.1, 0.15) is 12.1 Å². The number of aromatic nitrogens is 4. The number of halogens is 1. The minimum atomic E-state index is -0.501. The number of tetrazole rings is 1. The predicted molar refractivity (Wildman–Crippen MR) is 70.9 cm³/mol. The molecule has 20 heavy (non-hydrogen) atoms. The van der Waals surface area contributed by atoms with E-state index in [9.17, 15) is 9.18 Å². The van der Waals surface area contributed by atoms with Crippen LogP contribution in [0.3, 0.4) is 0 Å². The Bertz CT molecular complexity index is 571. The van der Waals surface area contributed by atoms with E-state index in [1.54, 1.807) is 0 Å². The van der Waals surface area contributed by atoms with Gasteiger partial charge < -0.3 is 10.6 Å². The first kappa shape index (κ1) is 14.1. The molecule has 0 bridgehead atoms. The van der Waals surface area contributed by atoms with Crippen LogP contribution in [-0.2, 0) is 4.79 Å². The number of carbonyl (C=O) groups is 1. The molecular formula is C12H15FN6O. The fourth-order valence-corrected chi connectivity index (χ4v) is 1.62. The summed E-state index contributed by atoms with van der Waals surface area (Å²) in [5, 5.41) is 16.3. The van der Waals surface area contributed by atoms with E-state index in [1.165, 1.54) is 29.2 Å². The highest BCUT2D eigenvalue weighted by atomic mass is 19.1. The number of carbonyl (C=O) groups excluding carboxylic acids is 1. The molecule has 0 aliphatic rings. The maximum Gasteiger partial charge on any atom is 0.225 e. The molecule has 1 aromatic carbocycles. The number of hydrogen-bond acceptors (Lipinski definition) is 5. The predicted octanol–water partition coefficient (Wildman–Crippen LogP) is 0.739. The molecular weight excluding hydrogens is 263 g/mol. The fourth-order valence-electron chi connectivity index (χ4n) is 1.62. The Morgan fingerprint density at radius 3 is 3.00 bits per heavy atom. The van der Waals surface area contributed by atoms with Crippen molar-refractivity contribution in [2.45, 2.75) is 13.3 Å². The Morgan fingerprint density at radius 1 is 1.45 bits per heavy atom. The highest BCUT2D eigenvalue weighted by molar-refractivity contribution is 5.91. The standard InChI is InChI=1S/C12H15FN6O/c1-2-14-6-5-12(20)16-11-7-9(3-4-10(11)13)19-8-15-17-18-19/h3-4,7-8,14H,2,5-6H2,1H3,(H,16,20). The van der Waals surface area contributed by atoms with E-state index in [1.807, 2.05) is 6.92 Å². The lowest BCUT2D eigenvalue weighted by atomic mass is 10.2. The van der Waals surface area contributed by atoms with Crippen LogP contribution in [0.1, 0.15) is 13.3 Å². The van der Waals surface area contributed by atoms with E-state index in [0.717, 1.165) is 6.54 Å². The molecule has 1 aromatic heterocycles. The quantitative estimate of drug-likeness (QED) is 0.761. The molecule has 0 radical (unpaired) electrons. The van der Waals surface area contributed by atoms with Crippen molar-refractivity contribution >= 4 is 11.6 Å². The van der Waals surface area contributed by atoms with Crippen LogP contribution in [0.25, 0.3) is 5.69 Å². The van der Waals surface area contributed by atoms with Gasteiger partial charge in [0.2, 0.25) is 5.91 Å². The lowest BCUT2D eigenvalue weighted by Crippen LogP contribution is -2.21. The Hall–Kier alpha value is -2.35. The van der Waals surface area contributed by atoms with Crippen LogP contribution in [0.4, 0.5) is 10.1 Å². The summed E-state index contributed by atoms with van der Waals surface area (Å²) in [4.78, 5) is 11.7. The van der Waals surface area contributed by atoms with Gasteiger partial charge in [0.05, 0.1) is 11.4 Å². The first-order valence-electron chi connectivity index (χ1n) is 6.24. The normalized spacial score (nSPS) is 10.5. The van der Waals surface area contributed by atoms with Crippen molar-refractivity contribution in [3.8, 4) is 5.69 Å². The number of hydrogen-bond donors (Lipinski definition) is 2. The Labute approximate surface area is 115 Å². The minimum Gasteiger partial charge on any atom is -0.323 e. The van der Waals surface area contributed by atoms with Crippen molar-refractivity contribution in [1.82, 2.24) is 25.5 Å². The topological polar surface area (TPSA) is 84.7 Å². The van der Waals surface area contributed by atoms with Crippen LogP contribution in [0.2, 0.25) is 0 Å². The molecule has 0 unspecified atom stereocenters. The van der Waals surface area contributed by atoms with Gasteiger partial charge in [0.25, 0.3) is 0 Å². The van der Waals surface area contributed by atoms with Gasteiger partial charge >= 0.3 is 0 Å². The molecule has 0 spiro atoms. The molecule has 0 atom stereocenters. The molecule has 2 aromatic rings. The summed E-state index contributed by atoms with van der Waals surface area (Å²) in [6.45, 7) is 3.29. The van der Waals surface area contributed by atoms with E-state index in [2.05, 4.69) is 26.2 Å². The summed E-state index contributed by atoms with van der Waals surface area (Å²) in [6, 6.07) is 4.27. The SMILES string of the molecule is CCNCCC(=O)Nc1cc(-n2cnnn2)ccc1F. The monoisotopic (exact) mass is 278 g/mol. The van der Waals surface area contributed by atoms with Gasteiger partial charge in [-0.05, 0) is 35.2 Å². The zero-order valence-corrected chi connectivity index (χ0v) is 11.0. The largest absolute Gasteiger partial charge is 0.323 e. The lowest BCUT2D eigenvalue weighted by Gasteiger charge is -2.08. The van der Waals surface area contributed by atoms with Crippen molar-refractivity contribution in [1.29, 1.82) is 0 Å². The summed E-state index contributed by atoms with van der Waals surface area (Å²) in [7, 11) is 0. The molecule has 7 nitrogen and oxygen atoms in total. The minimum absolute atomic E-state index is 0.111. The van der Waals surface area contributed by atoms with Crippen LogP contribution in [0.15, 0.2) is 24.5 Å². The van der Waals surface area contributed by atoms with Crippen molar-refractivity contribution in [2.75, 3.05) is 18.4 Å². The van der Waals surface area contributed by atoms with E-state index in [-0.39, 0.29) is 18.0 Å². The third-order valence-corrected chi connectivity index (χ3v) is 2.62. The molecule has 8 heteroatoms. The van der Waals surface area contributed by atoms with E-state index < -0.39 is 5.82 Å². The molecule has 0 aliphatic carbocycles. The smallest absolute Gasteiger partial charge is 0.225 e. The summed E-state index contributed by atoms with van der Waals surface area (Å²) in [5.41, 5.74) is 0.679. The first-order valence-corrected chi connectivity index (χ1v) is 6.24. The second-order valence-electron chi connectivity index (χ2n) is 4.07. The third kappa shape index (κ3) is 3.58. The fraction of sp³-hybridized carbons (Fsp3) is 0.333. The van der Waals surface area contributed by atoms with E-state index in [0.29, 0.717) is 12.2 Å². The second kappa shape index (κ2) is 6.71. The van der Waals surface area contributed by atoms with Gasteiger partial charge in [-0.2, -0.15) is 0 Å². The van der Waals surface area contributed by atoms with Crippen LogP contribution < -0.4 is 10.6 Å². The number of nitrogens with one attached hydrogen (secondary N) is 2. The molecule has 106 valence electrons. The highest BCUT2D eigenvalue weighted by Gasteiger charge is 2.09. The van der Waals surface area contributed by atoms with E-state index in [4.69, 9.17) is 0 Å². The zero-order valence-electron chi connectivity index (χ0n) is 11.0. The maximum absolute atomic E-state index is 13.7. The van der Waals surface area contributed by atoms with Crippen molar-refractivity contribution < 1.29 is 9.18 Å². The second-order valence-corrected chi connectivity index (χ2v) is 4.07. The zero-order chi connectivity index (χ0) is 14.4. The van der Waals surface area contributed by atoms with E-state index >= 15 is 0 Å². The molecule has 2 rings (SSSR count). The van der Waals surface area contributed by atoms with Crippen LogP contribution in [0, 0.1) is 5.82 Å². The molecule has 0 saturated heterocycles. The summed E-state index contributed by atoms with van der Waals surface area (Å²) < 4.78 is 15.1. The van der Waals surface area contributed by atoms with Crippen LogP contribution in [0.5, 0.6) is 0 Å². The Balaban J connectivity index is 2.07. The van der Waals surface area contributed by atoms with Gasteiger partial charge in [-0.25, -0.2) is 9.07 Å². The molecule has 0 saturated carbocycles. The first-order chi connectivity index (χ1) is 9.70. The molecule has 0 aliphatic heterocycles. The molecule has 2 N–H and O–H groups in total. The number of rotatable bonds is 6. The summed E-state index contributed by atoms with van der Waals surface area (Å²) in [5.74, 6) is -0.752. The van der Waals surface area contributed by atoms with Gasteiger partial charge in [-0.3, -0.25) is 4.79 Å². The number of anilines is 1. The summed E-state index contributed by atoms with van der Waals surface area (Å²) >= 11 is 0. The average molecular weight is 278 g/mol. The number of nitrogens with zero attached hydrogens (tertiary/aromatic N) is 4. The highest BCUT2D eigenvalue weighted by Crippen LogP contribution is 2.18. The Morgan fingerprint density at radius 2 is 2.30 bits per heavy atom. The van der Waals surface area contributed by atoms with Crippen molar-refractivity contribution in [3.63, 3.8) is 0 Å². The summed E-state index contributed by atoms with van der Waals surface area (Å²) in [6.07, 6.45) is 1.67.